The van der Waals surface area contributed by atoms with Crippen molar-refractivity contribution in [3.05, 3.63) is 59.1 Å². The fourth-order valence-electron chi connectivity index (χ4n) is 1.97. The molecule has 0 saturated heterocycles. The van der Waals surface area contributed by atoms with Crippen LogP contribution in [0, 0.1) is 6.92 Å². The minimum absolute atomic E-state index is 0.164. The Hall–Kier alpha value is -2.18. The number of amides is 1. The van der Waals surface area contributed by atoms with Gasteiger partial charge in [-0.05, 0) is 18.1 Å². The van der Waals surface area contributed by atoms with Crippen LogP contribution in [-0.2, 0) is 0 Å². The summed E-state index contributed by atoms with van der Waals surface area (Å²) < 4.78 is 0. The van der Waals surface area contributed by atoms with E-state index in [2.05, 4.69) is 22.2 Å². The summed E-state index contributed by atoms with van der Waals surface area (Å²) in [5.41, 5.74) is 1.82. The van der Waals surface area contributed by atoms with Crippen LogP contribution in [0.5, 0.6) is 0 Å². The first-order valence-corrected chi connectivity index (χ1v) is 7.76. The second kappa shape index (κ2) is 7.72. The van der Waals surface area contributed by atoms with Crippen molar-refractivity contribution in [2.45, 2.75) is 13.0 Å². The molecule has 3 N–H and O–H groups in total. The molecule has 0 saturated carbocycles. The highest BCUT2D eigenvalue weighted by molar-refractivity contribution is 7.17. The van der Waals surface area contributed by atoms with Gasteiger partial charge in [-0.15, -0.1) is 6.58 Å². The average Bonchev–Trinajstić information content (AvgIpc) is 2.99. The molecular formula is C16H19N3O2S. The van der Waals surface area contributed by atoms with Gasteiger partial charge in [-0.3, -0.25) is 4.79 Å². The summed E-state index contributed by atoms with van der Waals surface area (Å²) in [7, 11) is 0. The lowest BCUT2D eigenvalue weighted by molar-refractivity contribution is 0.0919. The van der Waals surface area contributed by atoms with Crippen LogP contribution >= 0.6 is 11.3 Å². The van der Waals surface area contributed by atoms with Crippen LogP contribution in [-0.4, -0.2) is 29.1 Å². The Bertz CT molecular complexity index is 654. The standard InChI is InChI=1S/C16H19N3O2S/c1-3-8-17-16-19-10-14(22-16)15(21)18-9-13(20)12-7-5-4-6-11(12)2/h3-7,10,13,20H,1,8-9H2,2H3,(H,17,19)(H,18,21). The van der Waals surface area contributed by atoms with E-state index in [-0.39, 0.29) is 12.5 Å². The number of aliphatic hydroxyl groups excluding tert-OH is 1. The molecule has 5 nitrogen and oxygen atoms in total. The first-order chi connectivity index (χ1) is 10.6. The number of aromatic nitrogens is 1. The molecule has 2 aromatic rings. The Morgan fingerprint density at radius 3 is 3.00 bits per heavy atom. The Balaban J connectivity index is 1.91. The molecule has 1 aromatic carbocycles. The molecule has 1 amide bonds. The lowest BCUT2D eigenvalue weighted by Crippen LogP contribution is -2.28. The highest BCUT2D eigenvalue weighted by atomic mass is 32.1. The van der Waals surface area contributed by atoms with E-state index in [1.54, 1.807) is 6.08 Å². The molecular weight excluding hydrogens is 298 g/mol. The third-order valence-corrected chi connectivity index (χ3v) is 4.08. The molecule has 0 aliphatic heterocycles. The van der Waals surface area contributed by atoms with Gasteiger partial charge < -0.3 is 15.7 Å². The summed E-state index contributed by atoms with van der Waals surface area (Å²) in [6.45, 7) is 6.30. The van der Waals surface area contributed by atoms with Gasteiger partial charge in [0.2, 0.25) is 0 Å². The van der Waals surface area contributed by atoms with Crippen molar-refractivity contribution >= 4 is 22.4 Å². The molecule has 1 atom stereocenters. The van der Waals surface area contributed by atoms with Crippen molar-refractivity contribution < 1.29 is 9.90 Å². The number of hydrogen-bond acceptors (Lipinski definition) is 5. The van der Waals surface area contributed by atoms with Crippen molar-refractivity contribution in [2.24, 2.45) is 0 Å². The molecule has 6 heteroatoms. The minimum atomic E-state index is -0.726. The zero-order chi connectivity index (χ0) is 15.9. The Kier molecular flexibility index (Phi) is 5.68. The minimum Gasteiger partial charge on any atom is -0.387 e. The maximum atomic E-state index is 12.1. The van der Waals surface area contributed by atoms with Gasteiger partial charge in [-0.1, -0.05) is 41.7 Å². The van der Waals surface area contributed by atoms with E-state index < -0.39 is 6.10 Å². The zero-order valence-electron chi connectivity index (χ0n) is 12.4. The first kappa shape index (κ1) is 16.2. The van der Waals surface area contributed by atoms with E-state index in [1.165, 1.54) is 17.5 Å². The van der Waals surface area contributed by atoms with Gasteiger partial charge in [0, 0.05) is 13.1 Å². The largest absolute Gasteiger partial charge is 0.387 e. The van der Waals surface area contributed by atoms with Crippen molar-refractivity contribution in [2.75, 3.05) is 18.4 Å². The van der Waals surface area contributed by atoms with Crippen molar-refractivity contribution in [3.63, 3.8) is 0 Å². The van der Waals surface area contributed by atoms with Crippen molar-refractivity contribution in [1.82, 2.24) is 10.3 Å². The van der Waals surface area contributed by atoms with Crippen LogP contribution in [0.1, 0.15) is 26.9 Å². The third kappa shape index (κ3) is 4.16. The van der Waals surface area contributed by atoms with Crippen LogP contribution < -0.4 is 10.6 Å². The Labute approximate surface area is 133 Å². The molecule has 2 rings (SSSR count). The Morgan fingerprint density at radius 1 is 1.50 bits per heavy atom. The maximum absolute atomic E-state index is 12.1. The summed E-state index contributed by atoms with van der Waals surface area (Å²) in [4.78, 5) is 16.7. The molecule has 22 heavy (non-hydrogen) atoms. The van der Waals surface area contributed by atoms with Crippen molar-refractivity contribution in [1.29, 1.82) is 0 Å². The topological polar surface area (TPSA) is 74.2 Å². The molecule has 116 valence electrons. The smallest absolute Gasteiger partial charge is 0.263 e. The SMILES string of the molecule is C=CCNc1ncc(C(=O)NCC(O)c2ccccc2C)s1. The predicted octanol–water partition coefficient (Wildman–Crippen LogP) is 2.51. The number of carbonyl (C=O) groups is 1. The number of thiazole rings is 1. The van der Waals surface area contributed by atoms with E-state index in [4.69, 9.17) is 0 Å². The van der Waals surface area contributed by atoms with Gasteiger partial charge in [0.05, 0.1) is 12.3 Å². The number of aryl methyl sites for hydroxylation is 1. The lowest BCUT2D eigenvalue weighted by atomic mass is 10.0. The number of benzene rings is 1. The number of hydrogen-bond donors (Lipinski definition) is 3. The van der Waals surface area contributed by atoms with E-state index in [0.717, 1.165) is 11.1 Å². The molecule has 1 heterocycles. The quantitative estimate of drug-likeness (QED) is 0.686. The zero-order valence-corrected chi connectivity index (χ0v) is 13.2. The maximum Gasteiger partial charge on any atom is 0.263 e. The molecule has 1 unspecified atom stereocenters. The van der Waals surface area contributed by atoms with E-state index in [0.29, 0.717) is 16.6 Å². The second-order valence-corrected chi connectivity index (χ2v) is 5.81. The summed E-state index contributed by atoms with van der Waals surface area (Å²) in [5.74, 6) is -0.239. The van der Waals surface area contributed by atoms with Gasteiger partial charge in [-0.2, -0.15) is 0 Å². The van der Waals surface area contributed by atoms with Crippen LogP contribution in [0.3, 0.4) is 0 Å². The number of nitrogens with zero attached hydrogens (tertiary/aromatic N) is 1. The second-order valence-electron chi connectivity index (χ2n) is 4.78. The number of rotatable bonds is 7. The number of anilines is 1. The highest BCUT2D eigenvalue weighted by Gasteiger charge is 2.14. The van der Waals surface area contributed by atoms with E-state index in [1.807, 2.05) is 31.2 Å². The molecule has 0 fully saturated rings. The van der Waals surface area contributed by atoms with Crippen molar-refractivity contribution in [3.8, 4) is 0 Å². The van der Waals surface area contributed by atoms with Crippen LogP contribution in [0.15, 0.2) is 43.1 Å². The fraction of sp³-hybridized carbons (Fsp3) is 0.250. The normalized spacial score (nSPS) is 11.7. The molecule has 0 bridgehead atoms. The lowest BCUT2D eigenvalue weighted by Gasteiger charge is -2.14. The molecule has 1 aromatic heterocycles. The van der Waals surface area contributed by atoms with Gasteiger partial charge in [0.25, 0.3) is 5.91 Å². The number of nitrogens with one attached hydrogen (secondary N) is 2. The molecule has 0 radical (unpaired) electrons. The van der Waals surface area contributed by atoms with Crippen LogP contribution in [0.2, 0.25) is 0 Å². The summed E-state index contributed by atoms with van der Waals surface area (Å²) in [6, 6.07) is 7.57. The predicted molar refractivity (Wildman–Crippen MR) is 89.3 cm³/mol. The molecule has 0 spiro atoms. The van der Waals surface area contributed by atoms with Crippen LogP contribution in [0.4, 0.5) is 5.13 Å². The summed E-state index contributed by atoms with van der Waals surface area (Å²) in [6.07, 6.45) is 2.52. The summed E-state index contributed by atoms with van der Waals surface area (Å²) >= 11 is 1.27. The Morgan fingerprint density at radius 2 is 2.27 bits per heavy atom. The van der Waals surface area contributed by atoms with E-state index >= 15 is 0 Å². The third-order valence-electron chi connectivity index (χ3n) is 3.13. The summed E-state index contributed by atoms with van der Waals surface area (Å²) in [5, 5.41) is 16.6. The van der Waals surface area contributed by atoms with Gasteiger partial charge in [-0.25, -0.2) is 4.98 Å². The monoisotopic (exact) mass is 317 g/mol. The van der Waals surface area contributed by atoms with Gasteiger partial charge in [0.1, 0.15) is 4.88 Å². The van der Waals surface area contributed by atoms with Crippen LogP contribution in [0.25, 0.3) is 0 Å². The first-order valence-electron chi connectivity index (χ1n) is 6.94. The molecule has 0 aliphatic rings. The molecule has 0 aliphatic carbocycles. The fourth-order valence-corrected chi connectivity index (χ4v) is 2.71. The highest BCUT2D eigenvalue weighted by Crippen LogP contribution is 2.19. The number of carbonyl (C=O) groups excluding carboxylic acids is 1. The van der Waals surface area contributed by atoms with E-state index in [9.17, 15) is 9.90 Å². The number of aliphatic hydroxyl groups is 1. The van der Waals surface area contributed by atoms with Gasteiger partial charge in [0.15, 0.2) is 5.13 Å². The van der Waals surface area contributed by atoms with Gasteiger partial charge >= 0.3 is 0 Å². The average molecular weight is 317 g/mol.